The Hall–Kier alpha value is -2.45. The molecule has 3 rings (SSSR count). The number of amides is 1. The quantitative estimate of drug-likeness (QED) is 0.551. The van der Waals surface area contributed by atoms with E-state index < -0.39 is 0 Å². The van der Waals surface area contributed by atoms with E-state index in [0.717, 1.165) is 44.7 Å². The highest BCUT2D eigenvalue weighted by Crippen LogP contribution is 2.22. The summed E-state index contributed by atoms with van der Waals surface area (Å²) in [4.78, 5) is 21.5. The number of hydrogen-bond donors (Lipinski definition) is 2. The van der Waals surface area contributed by atoms with E-state index in [1.807, 2.05) is 0 Å². The number of anilines is 1. The van der Waals surface area contributed by atoms with Gasteiger partial charge in [0, 0.05) is 38.9 Å². The maximum atomic E-state index is 12.6. The molecule has 0 bridgehead atoms. The highest BCUT2D eigenvalue weighted by Gasteiger charge is 2.19. The molecule has 0 aliphatic carbocycles. The molecule has 1 aliphatic heterocycles. The van der Waals surface area contributed by atoms with E-state index in [1.165, 1.54) is 6.33 Å². The predicted octanol–water partition coefficient (Wildman–Crippen LogP) is 0.407. The van der Waals surface area contributed by atoms with Crippen molar-refractivity contribution in [3.8, 4) is 0 Å². The first-order valence-electron chi connectivity index (χ1n) is 9.01. The average Bonchev–Trinajstić information content (AvgIpc) is 3.00. The molecule has 1 amide bonds. The summed E-state index contributed by atoms with van der Waals surface area (Å²) in [5.74, 6) is 0.260. The Kier molecular flexibility index (Phi) is 5.85. The van der Waals surface area contributed by atoms with Gasteiger partial charge in [-0.3, -0.25) is 4.79 Å². The maximum absolute atomic E-state index is 12.6. The number of likely N-dealkylation sites (N-methyl/N-ethyl adjacent to an activating group) is 1. The van der Waals surface area contributed by atoms with Crippen LogP contribution < -0.4 is 11.1 Å². The van der Waals surface area contributed by atoms with E-state index in [9.17, 15) is 4.79 Å². The molecule has 0 saturated carbocycles. The second kappa shape index (κ2) is 8.29. The predicted molar refractivity (Wildman–Crippen MR) is 102 cm³/mol. The number of carbonyl (C=O) groups excluding carboxylic acids is 1. The first kappa shape index (κ1) is 18.3. The highest BCUT2D eigenvalue weighted by atomic mass is 16.1. The number of hydrogen-bond acceptors (Lipinski definition) is 6. The third-order valence-corrected chi connectivity index (χ3v) is 4.83. The number of aromatic nitrogens is 3. The molecule has 0 radical (unpaired) electrons. The van der Waals surface area contributed by atoms with Gasteiger partial charge in [0.25, 0.3) is 5.91 Å². The summed E-state index contributed by atoms with van der Waals surface area (Å²) in [5, 5.41) is 7.17. The Labute approximate surface area is 153 Å². The fourth-order valence-corrected chi connectivity index (χ4v) is 3.32. The van der Waals surface area contributed by atoms with Gasteiger partial charge in [0.15, 0.2) is 5.82 Å². The summed E-state index contributed by atoms with van der Waals surface area (Å²) in [5.41, 5.74) is 8.04. The molecule has 1 aliphatic rings. The van der Waals surface area contributed by atoms with Gasteiger partial charge >= 0.3 is 0 Å². The molecule has 140 valence electrons. The fraction of sp³-hybridized carbons (Fsp3) is 0.500. The Bertz CT molecular complexity index is 777. The number of nitrogen functional groups attached to an aromatic ring is 1. The second-order valence-electron chi connectivity index (χ2n) is 6.71. The van der Waals surface area contributed by atoms with Crippen molar-refractivity contribution in [2.24, 2.45) is 0 Å². The third-order valence-electron chi connectivity index (χ3n) is 4.83. The molecule has 1 saturated heterocycles. The number of rotatable bonds is 7. The Morgan fingerprint density at radius 1 is 1.38 bits per heavy atom. The van der Waals surface area contributed by atoms with E-state index in [1.54, 1.807) is 16.8 Å². The molecule has 0 spiro atoms. The van der Waals surface area contributed by atoms with E-state index in [0.29, 0.717) is 29.9 Å². The van der Waals surface area contributed by atoms with Gasteiger partial charge in [-0.05, 0) is 32.0 Å². The number of piperazine rings is 1. The van der Waals surface area contributed by atoms with Gasteiger partial charge in [0.05, 0.1) is 5.56 Å². The van der Waals surface area contributed by atoms with Crippen LogP contribution in [-0.2, 0) is 6.42 Å². The number of fused-ring (bicyclic) bond motifs is 1. The van der Waals surface area contributed by atoms with Gasteiger partial charge in [-0.15, -0.1) is 6.58 Å². The third kappa shape index (κ3) is 4.03. The molecule has 0 aromatic carbocycles. The first-order chi connectivity index (χ1) is 12.6. The molecule has 1 fully saturated rings. The fourth-order valence-electron chi connectivity index (χ4n) is 3.32. The SMILES string of the molecule is C=CCc1c(C(=O)NCCCN2CCN(C)CC2)cn2ncnc(N)c12. The summed E-state index contributed by atoms with van der Waals surface area (Å²) >= 11 is 0. The van der Waals surface area contributed by atoms with Gasteiger partial charge in [-0.2, -0.15) is 5.10 Å². The molecular weight excluding hydrogens is 330 g/mol. The van der Waals surface area contributed by atoms with E-state index in [2.05, 4.69) is 38.8 Å². The van der Waals surface area contributed by atoms with Crippen LogP contribution in [0.15, 0.2) is 25.2 Å². The van der Waals surface area contributed by atoms with Crippen LogP contribution in [0.2, 0.25) is 0 Å². The van der Waals surface area contributed by atoms with Crippen LogP contribution in [0, 0.1) is 0 Å². The normalized spacial score (nSPS) is 16.0. The van der Waals surface area contributed by atoms with Gasteiger partial charge in [0.2, 0.25) is 0 Å². The van der Waals surface area contributed by atoms with Crippen LogP contribution in [0.25, 0.3) is 5.52 Å². The lowest BCUT2D eigenvalue weighted by molar-refractivity contribution is 0.0948. The molecule has 26 heavy (non-hydrogen) atoms. The zero-order valence-electron chi connectivity index (χ0n) is 15.3. The van der Waals surface area contributed by atoms with Gasteiger partial charge < -0.3 is 20.9 Å². The number of allylic oxidation sites excluding steroid dienone is 1. The number of nitrogens with zero attached hydrogens (tertiary/aromatic N) is 5. The van der Waals surface area contributed by atoms with Crippen molar-refractivity contribution in [2.45, 2.75) is 12.8 Å². The summed E-state index contributed by atoms with van der Waals surface area (Å²) < 4.78 is 1.61. The lowest BCUT2D eigenvalue weighted by Crippen LogP contribution is -2.45. The van der Waals surface area contributed by atoms with Crippen LogP contribution in [0.5, 0.6) is 0 Å². The molecule has 3 heterocycles. The highest BCUT2D eigenvalue weighted by molar-refractivity contribution is 5.99. The molecule has 8 nitrogen and oxygen atoms in total. The molecule has 0 unspecified atom stereocenters. The minimum absolute atomic E-state index is 0.106. The van der Waals surface area contributed by atoms with Gasteiger partial charge in [-0.25, -0.2) is 9.50 Å². The summed E-state index contributed by atoms with van der Waals surface area (Å²) in [6, 6.07) is 0. The molecular formula is C18H27N7O. The average molecular weight is 357 g/mol. The van der Waals surface area contributed by atoms with Crippen LogP contribution >= 0.6 is 0 Å². The zero-order valence-corrected chi connectivity index (χ0v) is 15.3. The zero-order chi connectivity index (χ0) is 18.5. The van der Waals surface area contributed by atoms with Gasteiger partial charge in [-0.1, -0.05) is 6.08 Å². The van der Waals surface area contributed by atoms with Crippen LogP contribution in [0.4, 0.5) is 5.82 Å². The number of nitrogens with two attached hydrogens (primary N) is 1. The summed E-state index contributed by atoms with van der Waals surface area (Å²) in [6.45, 7) is 9.83. The minimum Gasteiger partial charge on any atom is -0.382 e. The Balaban J connectivity index is 1.60. The van der Waals surface area contributed by atoms with Crippen molar-refractivity contribution in [1.29, 1.82) is 0 Å². The Morgan fingerprint density at radius 2 is 2.15 bits per heavy atom. The molecule has 3 N–H and O–H groups in total. The van der Waals surface area contributed by atoms with Crippen molar-refractivity contribution in [1.82, 2.24) is 29.7 Å². The largest absolute Gasteiger partial charge is 0.382 e. The monoisotopic (exact) mass is 357 g/mol. The van der Waals surface area contributed by atoms with Crippen LogP contribution in [0.3, 0.4) is 0 Å². The number of carbonyl (C=O) groups is 1. The van der Waals surface area contributed by atoms with Gasteiger partial charge in [0.1, 0.15) is 11.8 Å². The van der Waals surface area contributed by atoms with Crippen LogP contribution in [-0.4, -0.2) is 76.6 Å². The van der Waals surface area contributed by atoms with Crippen LogP contribution in [0.1, 0.15) is 22.3 Å². The van der Waals surface area contributed by atoms with Crippen molar-refractivity contribution in [3.05, 3.63) is 36.3 Å². The van der Waals surface area contributed by atoms with E-state index in [-0.39, 0.29) is 5.91 Å². The topological polar surface area (TPSA) is 91.8 Å². The van der Waals surface area contributed by atoms with Crippen molar-refractivity contribution in [2.75, 3.05) is 52.0 Å². The molecule has 0 atom stereocenters. The second-order valence-corrected chi connectivity index (χ2v) is 6.71. The van der Waals surface area contributed by atoms with E-state index in [4.69, 9.17) is 5.73 Å². The Morgan fingerprint density at radius 3 is 2.88 bits per heavy atom. The number of nitrogens with one attached hydrogen (secondary N) is 1. The van der Waals surface area contributed by atoms with Crippen molar-refractivity contribution >= 4 is 17.2 Å². The van der Waals surface area contributed by atoms with Crippen molar-refractivity contribution < 1.29 is 4.79 Å². The first-order valence-corrected chi connectivity index (χ1v) is 9.01. The minimum atomic E-state index is -0.106. The lowest BCUT2D eigenvalue weighted by atomic mass is 10.1. The molecule has 2 aromatic rings. The summed E-state index contributed by atoms with van der Waals surface area (Å²) in [7, 11) is 2.15. The molecule has 8 heteroatoms. The van der Waals surface area contributed by atoms with Crippen molar-refractivity contribution in [3.63, 3.8) is 0 Å². The van der Waals surface area contributed by atoms with E-state index >= 15 is 0 Å². The maximum Gasteiger partial charge on any atom is 0.253 e. The smallest absolute Gasteiger partial charge is 0.253 e. The lowest BCUT2D eigenvalue weighted by Gasteiger charge is -2.32. The standard InChI is InChI=1S/C18H27N7O/c1-3-5-14-15(12-25-16(14)17(19)21-13-22-25)18(26)20-6-4-7-24-10-8-23(2)9-11-24/h3,12-13H,1,4-11H2,2H3,(H,20,26)(H2,19,21,22). The summed E-state index contributed by atoms with van der Waals surface area (Å²) in [6.07, 6.45) is 6.32. The molecule has 2 aromatic heterocycles.